The fourth-order valence-corrected chi connectivity index (χ4v) is 2.73. The van der Waals surface area contributed by atoms with Gasteiger partial charge in [0.25, 0.3) is 0 Å². The van der Waals surface area contributed by atoms with Crippen LogP contribution in [0, 0.1) is 0 Å². The van der Waals surface area contributed by atoms with Crippen LogP contribution in [-0.4, -0.2) is 0 Å². The van der Waals surface area contributed by atoms with E-state index < -0.39 is 11.7 Å². The summed E-state index contributed by atoms with van der Waals surface area (Å²) in [5, 5.41) is 3.79. The van der Waals surface area contributed by atoms with Crippen molar-refractivity contribution in [3.05, 3.63) is 64.2 Å². The normalized spacial score (nSPS) is 17.7. The van der Waals surface area contributed by atoms with Gasteiger partial charge in [0.2, 0.25) is 0 Å². The highest BCUT2D eigenvalue weighted by atomic mass is 35.5. The number of fused-ring (bicyclic) bond motifs is 1. The van der Waals surface area contributed by atoms with Crippen LogP contribution in [0.2, 0.25) is 5.02 Å². The van der Waals surface area contributed by atoms with Crippen LogP contribution in [0.3, 0.4) is 0 Å². The molecule has 1 nitrogen and oxygen atoms in total. The number of alkyl halides is 3. The molecule has 2 aromatic rings. The van der Waals surface area contributed by atoms with Crippen molar-refractivity contribution in [2.75, 3.05) is 5.32 Å². The summed E-state index contributed by atoms with van der Waals surface area (Å²) in [4.78, 5) is 0. The first-order valence-electron chi connectivity index (χ1n) is 6.16. The second-order valence-electron chi connectivity index (χ2n) is 4.80. The lowest BCUT2D eigenvalue weighted by Crippen LogP contribution is -2.09. The summed E-state index contributed by atoms with van der Waals surface area (Å²) in [6, 6.07) is 10.8. The third-order valence-electron chi connectivity index (χ3n) is 3.46. The van der Waals surface area contributed by atoms with Crippen LogP contribution in [0.15, 0.2) is 42.5 Å². The molecule has 1 unspecified atom stereocenters. The van der Waals surface area contributed by atoms with Gasteiger partial charge in [0.05, 0.1) is 22.3 Å². The number of nitrogens with one attached hydrogen (secondary N) is 1. The molecule has 0 saturated heterocycles. The first kappa shape index (κ1) is 13.3. The maximum absolute atomic E-state index is 12.7. The smallest absolute Gasteiger partial charge is 0.376 e. The lowest BCUT2D eigenvalue weighted by molar-refractivity contribution is -0.137. The van der Waals surface area contributed by atoms with E-state index in [1.807, 2.05) is 12.1 Å². The van der Waals surface area contributed by atoms with E-state index >= 15 is 0 Å². The molecular weight excluding hydrogens is 287 g/mol. The van der Waals surface area contributed by atoms with E-state index in [9.17, 15) is 13.2 Å². The van der Waals surface area contributed by atoms with E-state index in [1.54, 1.807) is 12.1 Å². The van der Waals surface area contributed by atoms with Crippen molar-refractivity contribution in [1.29, 1.82) is 0 Å². The molecule has 0 amide bonds. The lowest BCUT2D eigenvalue weighted by atomic mass is 10.0. The van der Waals surface area contributed by atoms with Gasteiger partial charge in [-0.1, -0.05) is 35.9 Å². The summed E-state index contributed by atoms with van der Waals surface area (Å²) >= 11 is 6.08. The Labute approximate surface area is 119 Å². The van der Waals surface area contributed by atoms with Crippen molar-refractivity contribution in [2.45, 2.75) is 18.6 Å². The maximum atomic E-state index is 12.7. The Kier molecular flexibility index (Phi) is 3.13. The SMILES string of the molecule is FC(F)(F)c1cccc(C2Cc3cccc(Cl)c3N2)c1. The molecule has 0 fully saturated rings. The number of rotatable bonds is 1. The molecule has 0 aromatic heterocycles. The number of anilines is 1. The van der Waals surface area contributed by atoms with Gasteiger partial charge in [0.1, 0.15) is 0 Å². The Morgan fingerprint density at radius 1 is 1.10 bits per heavy atom. The fraction of sp³-hybridized carbons (Fsp3) is 0.200. The minimum Gasteiger partial charge on any atom is -0.376 e. The van der Waals surface area contributed by atoms with E-state index in [-0.39, 0.29) is 6.04 Å². The van der Waals surface area contributed by atoms with E-state index in [1.165, 1.54) is 12.1 Å². The zero-order valence-electron chi connectivity index (χ0n) is 10.3. The van der Waals surface area contributed by atoms with E-state index in [2.05, 4.69) is 5.32 Å². The molecule has 1 atom stereocenters. The van der Waals surface area contributed by atoms with Gasteiger partial charge in [-0.05, 0) is 35.7 Å². The van der Waals surface area contributed by atoms with Crippen LogP contribution < -0.4 is 5.32 Å². The maximum Gasteiger partial charge on any atom is 0.416 e. The third-order valence-corrected chi connectivity index (χ3v) is 3.77. The van der Waals surface area contributed by atoms with E-state index in [0.717, 1.165) is 17.3 Å². The number of hydrogen-bond acceptors (Lipinski definition) is 1. The Hall–Kier alpha value is -1.68. The second kappa shape index (κ2) is 4.70. The first-order chi connectivity index (χ1) is 9.45. The highest BCUT2D eigenvalue weighted by Crippen LogP contribution is 2.39. The largest absolute Gasteiger partial charge is 0.416 e. The molecule has 104 valence electrons. The molecule has 1 aliphatic rings. The van der Waals surface area contributed by atoms with Crippen molar-refractivity contribution in [2.24, 2.45) is 0 Å². The van der Waals surface area contributed by atoms with Crippen LogP contribution in [-0.2, 0) is 12.6 Å². The molecule has 5 heteroatoms. The van der Waals surface area contributed by atoms with E-state index in [4.69, 9.17) is 11.6 Å². The number of halogens is 4. The predicted octanol–water partition coefficient (Wildman–Crippen LogP) is 5.07. The molecule has 1 N–H and O–H groups in total. The van der Waals surface area contributed by atoms with Crippen molar-refractivity contribution in [3.8, 4) is 0 Å². The minimum atomic E-state index is -4.32. The van der Waals surface area contributed by atoms with Gasteiger partial charge < -0.3 is 5.32 Å². The molecule has 0 bridgehead atoms. The molecule has 1 aliphatic heterocycles. The summed E-state index contributed by atoms with van der Waals surface area (Å²) in [6.45, 7) is 0. The van der Waals surface area contributed by atoms with Gasteiger partial charge in [0, 0.05) is 0 Å². The van der Waals surface area contributed by atoms with Crippen molar-refractivity contribution < 1.29 is 13.2 Å². The zero-order valence-corrected chi connectivity index (χ0v) is 11.1. The molecule has 2 aromatic carbocycles. The van der Waals surface area contributed by atoms with E-state index in [0.29, 0.717) is 17.0 Å². The van der Waals surface area contributed by atoms with Gasteiger partial charge in [-0.3, -0.25) is 0 Å². The summed E-state index contributed by atoms with van der Waals surface area (Å²) in [6.07, 6.45) is -3.68. The highest BCUT2D eigenvalue weighted by Gasteiger charge is 2.32. The van der Waals surface area contributed by atoms with Crippen LogP contribution in [0.5, 0.6) is 0 Å². The first-order valence-corrected chi connectivity index (χ1v) is 6.54. The minimum absolute atomic E-state index is 0.174. The molecular formula is C15H11ClF3N. The Balaban J connectivity index is 1.92. The van der Waals surface area contributed by atoms with Gasteiger partial charge >= 0.3 is 6.18 Å². The molecule has 20 heavy (non-hydrogen) atoms. The Morgan fingerprint density at radius 2 is 1.85 bits per heavy atom. The van der Waals surface area contributed by atoms with Gasteiger partial charge in [-0.15, -0.1) is 0 Å². The number of para-hydroxylation sites is 1. The van der Waals surface area contributed by atoms with Gasteiger partial charge in [0.15, 0.2) is 0 Å². The van der Waals surface area contributed by atoms with Crippen LogP contribution in [0.1, 0.15) is 22.7 Å². The third kappa shape index (κ3) is 2.36. The lowest BCUT2D eigenvalue weighted by Gasteiger charge is -2.14. The second-order valence-corrected chi connectivity index (χ2v) is 5.21. The van der Waals surface area contributed by atoms with Gasteiger partial charge in [-0.25, -0.2) is 0 Å². The van der Waals surface area contributed by atoms with Crippen LogP contribution in [0.25, 0.3) is 0 Å². The number of hydrogen-bond donors (Lipinski definition) is 1. The monoisotopic (exact) mass is 297 g/mol. The summed E-state index contributed by atoms with van der Waals surface area (Å²) < 4.78 is 38.2. The highest BCUT2D eigenvalue weighted by molar-refractivity contribution is 6.33. The average molecular weight is 298 g/mol. The Bertz CT molecular complexity index is 652. The molecule has 0 radical (unpaired) electrons. The van der Waals surface area contributed by atoms with Crippen LogP contribution >= 0.6 is 11.6 Å². The van der Waals surface area contributed by atoms with Crippen LogP contribution in [0.4, 0.5) is 18.9 Å². The molecule has 0 spiro atoms. The number of benzene rings is 2. The standard InChI is InChI=1S/C15H11ClF3N/c16-12-6-2-4-10-8-13(20-14(10)12)9-3-1-5-11(7-9)15(17,18)19/h1-7,13,20H,8H2. The van der Waals surface area contributed by atoms with Crippen molar-refractivity contribution in [3.63, 3.8) is 0 Å². The Morgan fingerprint density at radius 3 is 2.55 bits per heavy atom. The van der Waals surface area contributed by atoms with Crippen molar-refractivity contribution >= 4 is 17.3 Å². The topological polar surface area (TPSA) is 12.0 Å². The molecule has 3 rings (SSSR count). The fourth-order valence-electron chi connectivity index (χ4n) is 2.48. The summed E-state index contributed by atoms with van der Waals surface area (Å²) in [5.41, 5.74) is 1.84. The molecule has 0 aliphatic carbocycles. The zero-order chi connectivity index (χ0) is 14.3. The summed E-state index contributed by atoms with van der Waals surface area (Å²) in [7, 11) is 0. The summed E-state index contributed by atoms with van der Waals surface area (Å²) in [5.74, 6) is 0. The van der Waals surface area contributed by atoms with Crippen molar-refractivity contribution in [1.82, 2.24) is 0 Å². The average Bonchev–Trinajstić information content (AvgIpc) is 2.83. The quantitative estimate of drug-likeness (QED) is 0.775. The molecule has 1 heterocycles. The van der Waals surface area contributed by atoms with Gasteiger partial charge in [-0.2, -0.15) is 13.2 Å². The molecule has 0 saturated carbocycles. The predicted molar refractivity (Wildman–Crippen MR) is 73.0 cm³/mol.